The summed E-state index contributed by atoms with van der Waals surface area (Å²) in [7, 11) is 0. The summed E-state index contributed by atoms with van der Waals surface area (Å²) in [4.78, 5) is 4.21. The van der Waals surface area contributed by atoms with Gasteiger partial charge in [-0.15, -0.1) is 11.6 Å². The van der Waals surface area contributed by atoms with Gasteiger partial charge in [-0.2, -0.15) is 0 Å². The molecule has 1 N–H and O–H groups in total. The van der Waals surface area contributed by atoms with Gasteiger partial charge in [-0.05, 0) is 12.1 Å². The predicted molar refractivity (Wildman–Crippen MR) is 62.4 cm³/mol. The number of aliphatic hydroxyl groups excluding tert-OH is 1. The smallest absolute Gasteiger partial charge is 0.0960 e. The van der Waals surface area contributed by atoms with Crippen LogP contribution in [0, 0.1) is 0 Å². The fourth-order valence-electron chi connectivity index (χ4n) is 1.54. The SMILES string of the molecule is OC(CCl)c1c(Cl)ccc2cccnc12. The van der Waals surface area contributed by atoms with Crippen LogP contribution in [0.3, 0.4) is 0 Å². The number of nitrogens with zero attached hydrogens (tertiary/aromatic N) is 1. The van der Waals surface area contributed by atoms with Gasteiger partial charge in [0.25, 0.3) is 0 Å². The van der Waals surface area contributed by atoms with E-state index in [4.69, 9.17) is 23.2 Å². The summed E-state index contributed by atoms with van der Waals surface area (Å²) in [5, 5.41) is 11.2. The highest BCUT2D eigenvalue weighted by atomic mass is 35.5. The summed E-state index contributed by atoms with van der Waals surface area (Å²) in [6.07, 6.45) is 0.890. The van der Waals surface area contributed by atoms with Gasteiger partial charge in [0.1, 0.15) is 0 Å². The Bertz CT molecular complexity index is 487. The van der Waals surface area contributed by atoms with Gasteiger partial charge in [-0.25, -0.2) is 0 Å². The molecule has 0 spiro atoms. The maximum Gasteiger partial charge on any atom is 0.0960 e. The van der Waals surface area contributed by atoms with E-state index in [0.29, 0.717) is 16.1 Å². The van der Waals surface area contributed by atoms with E-state index >= 15 is 0 Å². The number of fused-ring (bicyclic) bond motifs is 1. The van der Waals surface area contributed by atoms with E-state index in [0.717, 1.165) is 5.39 Å². The Balaban J connectivity index is 2.74. The van der Waals surface area contributed by atoms with E-state index in [1.807, 2.05) is 18.2 Å². The molecule has 0 fully saturated rings. The van der Waals surface area contributed by atoms with Gasteiger partial charge in [0.2, 0.25) is 0 Å². The van der Waals surface area contributed by atoms with Crippen molar-refractivity contribution in [2.24, 2.45) is 0 Å². The van der Waals surface area contributed by atoms with Crippen molar-refractivity contribution in [2.45, 2.75) is 6.10 Å². The fraction of sp³-hybridized carbons (Fsp3) is 0.182. The zero-order valence-electron chi connectivity index (χ0n) is 7.82. The van der Waals surface area contributed by atoms with Crippen molar-refractivity contribution in [3.63, 3.8) is 0 Å². The standard InChI is InChI=1S/C11H9Cl2NO/c12-6-9(15)10-8(13)4-3-7-2-1-5-14-11(7)10/h1-5,9,15H,6H2. The zero-order chi connectivity index (χ0) is 10.8. The van der Waals surface area contributed by atoms with Crippen LogP contribution in [0.15, 0.2) is 30.5 Å². The summed E-state index contributed by atoms with van der Waals surface area (Å²) in [6, 6.07) is 7.38. The number of rotatable bonds is 2. The number of aromatic nitrogens is 1. The minimum Gasteiger partial charge on any atom is -0.387 e. The third-order valence-corrected chi connectivity index (χ3v) is 2.86. The molecule has 0 aliphatic rings. The molecule has 0 aliphatic carbocycles. The minimum absolute atomic E-state index is 0.107. The first-order valence-corrected chi connectivity index (χ1v) is 5.42. The molecule has 1 unspecified atom stereocenters. The number of benzene rings is 1. The molecule has 0 saturated heterocycles. The summed E-state index contributed by atoms with van der Waals surface area (Å²) >= 11 is 11.6. The third kappa shape index (κ3) is 1.93. The summed E-state index contributed by atoms with van der Waals surface area (Å²) < 4.78 is 0. The molecular formula is C11H9Cl2NO. The normalized spacial score (nSPS) is 13.0. The van der Waals surface area contributed by atoms with Crippen molar-refractivity contribution in [1.29, 1.82) is 0 Å². The van der Waals surface area contributed by atoms with Gasteiger partial charge in [-0.3, -0.25) is 4.98 Å². The molecule has 1 atom stereocenters. The first-order chi connectivity index (χ1) is 7.24. The molecule has 78 valence electrons. The van der Waals surface area contributed by atoms with E-state index in [1.54, 1.807) is 12.3 Å². The van der Waals surface area contributed by atoms with Gasteiger partial charge in [0, 0.05) is 22.2 Å². The second-order valence-corrected chi connectivity index (χ2v) is 3.92. The second-order valence-electron chi connectivity index (χ2n) is 3.21. The highest BCUT2D eigenvalue weighted by Gasteiger charge is 2.14. The third-order valence-electron chi connectivity index (χ3n) is 2.24. The highest BCUT2D eigenvalue weighted by Crippen LogP contribution is 2.30. The molecule has 0 amide bonds. The first kappa shape index (κ1) is 10.7. The maximum atomic E-state index is 9.75. The number of alkyl halides is 1. The van der Waals surface area contributed by atoms with Crippen LogP contribution in [0.25, 0.3) is 10.9 Å². The molecule has 2 nitrogen and oxygen atoms in total. The zero-order valence-corrected chi connectivity index (χ0v) is 9.33. The van der Waals surface area contributed by atoms with Gasteiger partial charge in [-0.1, -0.05) is 23.7 Å². The van der Waals surface area contributed by atoms with Crippen LogP contribution >= 0.6 is 23.2 Å². The van der Waals surface area contributed by atoms with E-state index in [-0.39, 0.29) is 5.88 Å². The molecule has 0 radical (unpaired) electrons. The van der Waals surface area contributed by atoms with E-state index < -0.39 is 6.10 Å². The first-order valence-electron chi connectivity index (χ1n) is 4.51. The average Bonchev–Trinajstić information content (AvgIpc) is 2.28. The minimum atomic E-state index is -0.780. The summed E-state index contributed by atoms with van der Waals surface area (Å²) in [5.74, 6) is 0.107. The van der Waals surface area contributed by atoms with Crippen molar-refractivity contribution < 1.29 is 5.11 Å². The summed E-state index contributed by atoms with van der Waals surface area (Å²) in [6.45, 7) is 0. The monoisotopic (exact) mass is 241 g/mol. The van der Waals surface area contributed by atoms with E-state index in [9.17, 15) is 5.11 Å². The Morgan fingerprint density at radius 1 is 1.33 bits per heavy atom. The lowest BCUT2D eigenvalue weighted by atomic mass is 10.1. The lowest BCUT2D eigenvalue weighted by molar-refractivity contribution is 0.204. The van der Waals surface area contributed by atoms with Crippen molar-refractivity contribution >= 4 is 34.1 Å². The van der Waals surface area contributed by atoms with Crippen LogP contribution in [0.4, 0.5) is 0 Å². The van der Waals surface area contributed by atoms with E-state index in [2.05, 4.69) is 4.98 Å². The second kappa shape index (κ2) is 4.35. The Labute approximate surface area is 97.5 Å². The number of halogens is 2. The van der Waals surface area contributed by atoms with Crippen LogP contribution < -0.4 is 0 Å². The van der Waals surface area contributed by atoms with Crippen molar-refractivity contribution in [3.8, 4) is 0 Å². The van der Waals surface area contributed by atoms with Crippen LogP contribution in [0.2, 0.25) is 5.02 Å². The fourth-order valence-corrected chi connectivity index (χ4v) is 1.97. The summed E-state index contributed by atoms with van der Waals surface area (Å²) in [5.41, 5.74) is 1.31. The molecule has 1 heterocycles. The lowest BCUT2D eigenvalue weighted by Crippen LogP contribution is -2.01. The molecule has 15 heavy (non-hydrogen) atoms. The van der Waals surface area contributed by atoms with Crippen LogP contribution in [-0.2, 0) is 0 Å². The molecule has 2 rings (SSSR count). The molecule has 0 saturated carbocycles. The molecule has 4 heteroatoms. The number of hydrogen-bond donors (Lipinski definition) is 1. The molecule has 0 bridgehead atoms. The number of aliphatic hydroxyl groups is 1. The van der Waals surface area contributed by atoms with Crippen molar-refractivity contribution in [2.75, 3.05) is 5.88 Å². The predicted octanol–water partition coefficient (Wildman–Crippen LogP) is 3.16. The Kier molecular flexibility index (Phi) is 3.10. The largest absolute Gasteiger partial charge is 0.387 e. The number of pyridine rings is 1. The molecular weight excluding hydrogens is 233 g/mol. The van der Waals surface area contributed by atoms with E-state index in [1.165, 1.54) is 0 Å². The number of hydrogen-bond acceptors (Lipinski definition) is 2. The van der Waals surface area contributed by atoms with Crippen molar-refractivity contribution in [1.82, 2.24) is 4.98 Å². The molecule has 1 aromatic carbocycles. The van der Waals surface area contributed by atoms with Gasteiger partial charge in [0.05, 0.1) is 17.5 Å². The van der Waals surface area contributed by atoms with Gasteiger partial charge in [0.15, 0.2) is 0 Å². The maximum absolute atomic E-state index is 9.75. The molecule has 0 aliphatic heterocycles. The van der Waals surface area contributed by atoms with Gasteiger partial charge < -0.3 is 5.11 Å². The Morgan fingerprint density at radius 2 is 2.13 bits per heavy atom. The quantitative estimate of drug-likeness (QED) is 0.820. The van der Waals surface area contributed by atoms with Crippen molar-refractivity contribution in [3.05, 3.63) is 41.0 Å². The average molecular weight is 242 g/mol. The molecule has 2 aromatic rings. The Morgan fingerprint density at radius 3 is 2.87 bits per heavy atom. The van der Waals surface area contributed by atoms with Gasteiger partial charge >= 0.3 is 0 Å². The van der Waals surface area contributed by atoms with Crippen LogP contribution in [0.5, 0.6) is 0 Å². The topological polar surface area (TPSA) is 33.1 Å². The highest BCUT2D eigenvalue weighted by molar-refractivity contribution is 6.32. The van der Waals surface area contributed by atoms with Crippen LogP contribution in [0.1, 0.15) is 11.7 Å². The molecule has 1 aromatic heterocycles. The Hall–Kier alpha value is -0.830. The lowest BCUT2D eigenvalue weighted by Gasteiger charge is -2.11. The van der Waals surface area contributed by atoms with Crippen LogP contribution in [-0.4, -0.2) is 16.0 Å².